The van der Waals surface area contributed by atoms with Gasteiger partial charge in [0, 0.05) is 13.0 Å². The largest absolute Gasteiger partial charge is 0.394 e. The molecule has 0 radical (unpaired) electrons. The Balaban J connectivity index is 2.37. The van der Waals surface area contributed by atoms with Gasteiger partial charge in [-0.2, -0.15) is 0 Å². The molecule has 5 N–H and O–H groups in total. The maximum atomic E-state index is 10.1. The molecular formula is C11H21NO6. The highest BCUT2D eigenvalue weighted by atomic mass is 16.7. The quantitative estimate of drug-likeness (QED) is 0.314. The molecule has 0 amide bonds. The van der Waals surface area contributed by atoms with Crippen LogP contribution in [-0.4, -0.2) is 65.5 Å². The molecule has 1 saturated heterocycles. The number of aliphatic hydroxyl groups is 3. The molecule has 1 aliphatic heterocycles. The Hall–Kier alpha value is -0.570. The zero-order valence-electron chi connectivity index (χ0n) is 10.1. The summed E-state index contributed by atoms with van der Waals surface area (Å²) in [5.41, 5.74) is 5.67. The molecule has 5 atom stereocenters. The number of aldehydes is 1. The molecule has 1 rings (SSSR count). The Bertz CT molecular complexity index is 250. The van der Waals surface area contributed by atoms with Gasteiger partial charge in [-0.25, -0.2) is 0 Å². The highest BCUT2D eigenvalue weighted by molar-refractivity contribution is 5.48. The Morgan fingerprint density at radius 1 is 1.28 bits per heavy atom. The van der Waals surface area contributed by atoms with E-state index in [2.05, 4.69) is 0 Å². The van der Waals surface area contributed by atoms with Crippen LogP contribution in [0, 0.1) is 0 Å². The fraction of sp³-hybridized carbons (Fsp3) is 0.909. The highest BCUT2D eigenvalue weighted by Gasteiger charge is 2.42. The van der Waals surface area contributed by atoms with Crippen molar-refractivity contribution in [3.8, 4) is 0 Å². The molecule has 7 heteroatoms. The van der Waals surface area contributed by atoms with E-state index >= 15 is 0 Å². The summed E-state index contributed by atoms with van der Waals surface area (Å²) in [6, 6.07) is -0.867. The van der Waals surface area contributed by atoms with E-state index in [9.17, 15) is 15.0 Å². The highest BCUT2D eigenvalue weighted by Crippen LogP contribution is 2.20. The minimum atomic E-state index is -1.22. The molecule has 4 unspecified atom stereocenters. The molecule has 0 aliphatic carbocycles. The lowest BCUT2D eigenvalue weighted by Crippen LogP contribution is -2.62. The van der Waals surface area contributed by atoms with Crippen molar-refractivity contribution in [2.24, 2.45) is 5.73 Å². The summed E-state index contributed by atoms with van der Waals surface area (Å²) in [6.45, 7) is -0.0802. The van der Waals surface area contributed by atoms with Crippen LogP contribution in [0.4, 0.5) is 0 Å². The summed E-state index contributed by atoms with van der Waals surface area (Å²) in [4.78, 5) is 10.1. The van der Waals surface area contributed by atoms with E-state index in [0.717, 1.165) is 6.29 Å². The number of ether oxygens (including phenoxy) is 2. The summed E-state index contributed by atoms with van der Waals surface area (Å²) in [6.07, 6.45) is -1.49. The van der Waals surface area contributed by atoms with E-state index in [1.54, 1.807) is 0 Å². The second-order valence-electron chi connectivity index (χ2n) is 4.32. The van der Waals surface area contributed by atoms with Gasteiger partial charge in [-0.05, 0) is 12.8 Å². The molecule has 1 fully saturated rings. The zero-order chi connectivity index (χ0) is 13.5. The van der Waals surface area contributed by atoms with Gasteiger partial charge in [0.2, 0.25) is 0 Å². The number of aliphatic hydroxyl groups excluding tert-OH is 3. The first-order valence-corrected chi connectivity index (χ1v) is 6.05. The third kappa shape index (κ3) is 3.98. The maximum absolute atomic E-state index is 10.1. The Kier molecular flexibility index (Phi) is 6.69. The van der Waals surface area contributed by atoms with E-state index in [0.29, 0.717) is 25.9 Å². The smallest absolute Gasteiger partial charge is 0.175 e. The summed E-state index contributed by atoms with van der Waals surface area (Å²) >= 11 is 0. The summed E-state index contributed by atoms with van der Waals surface area (Å²) in [5, 5.41) is 28.2. The van der Waals surface area contributed by atoms with Crippen molar-refractivity contribution in [1.82, 2.24) is 0 Å². The first-order valence-electron chi connectivity index (χ1n) is 6.05. The fourth-order valence-electron chi connectivity index (χ4n) is 1.78. The normalized spacial score (nSPS) is 36.6. The molecule has 106 valence electrons. The van der Waals surface area contributed by atoms with Gasteiger partial charge >= 0.3 is 0 Å². The van der Waals surface area contributed by atoms with Gasteiger partial charge in [0.25, 0.3) is 0 Å². The number of unbranched alkanes of at least 4 members (excludes halogenated alkanes) is 2. The number of rotatable bonds is 7. The Morgan fingerprint density at radius 3 is 2.61 bits per heavy atom. The number of carbonyl (C=O) groups is 1. The molecule has 1 aliphatic rings. The van der Waals surface area contributed by atoms with Crippen LogP contribution in [0.1, 0.15) is 19.3 Å². The lowest BCUT2D eigenvalue weighted by atomic mass is 9.98. The molecule has 0 aromatic heterocycles. The molecule has 18 heavy (non-hydrogen) atoms. The summed E-state index contributed by atoms with van der Waals surface area (Å²) < 4.78 is 10.6. The van der Waals surface area contributed by atoms with Crippen LogP contribution in [0.3, 0.4) is 0 Å². The Morgan fingerprint density at radius 2 is 2.00 bits per heavy atom. The molecular weight excluding hydrogens is 242 g/mol. The van der Waals surface area contributed by atoms with E-state index in [1.807, 2.05) is 0 Å². The van der Waals surface area contributed by atoms with Crippen molar-refractivity contribution < 1.29 is 29.6 Å². The molecule has 0 aromatic rings. The van der Waals surface area contributed by atoms with Gasteiger partial charge in [-0.15, -0.1) is 0 Å². The van der Waals surface area contributed by atoms with E-state index in [-0.39, 0.29) is 0 Å². The number of hydrogen-bond donors (Lipinski definition) is 4. The van der Waals surface area contributed by atoms with Crippen LogP contribution in [0.15, 0.2) is 0 Å². The maximum Gasteiger partial charge on any atom is 0.175 e. The van der Waals surface area contributed by atoms with Crippen LogP contribution < -0.4 is 5.73 Å². The lowest BCUT2D eigenvalue weighted by molar-refractivity contribution is -0.265. The fourth-order valence-corrected chi connectivity index (χ4v) is 1.78. The summed E-state index contributed by atoms with van der Waals surface area (Å²) in [7, 11) is 0. The van der Waals surface area contributed by atoms with E-state index < -0.39 is 37.3 Å². The number of hydrogen-bond acceptors (Lipinski definition) is 7. The minimum Gasteiger partial charge on any atom is -0.394 e. The second kappa shape index (κ2) is 7.78. The third-order valence-electron chi connectivity index (χ3n) is 2.93. The standard InChI is InChI=1S/C11H21NO6/c12-8-10(16)9(15)7(6-14)18-11(8)17-5-3-1-2-4-13/h4,7-11,14-16H,1-3,5-6,12H2/t7?,8?,9?,10?,11-/m1/s1. The SMILES string of the molecule is NC1C(O)C(O)C(CO)O[C@H]1OCCCCC=O. The first-order chi connectivity index (χ1) is 8.61. The topological polar surface area (TPSA) is 122 Å². The van der Waals surface area contributed by atoms with Crippen molar-refractivity contribution >= 4 is 6.29 Å². The van der Waals surface area contributed by atoms with Crippen LogP contribution in [0.5, 0.6) is 0 Å². The molecule has 7 nitrogen and oxygen atoms in total. The van der Waals surface area contributed by atoms with Gasteiger partial charge in [-0.3, -0.25) is 0 Å². The van der Waals surface area contributed by atoms with Gasteiger partial charge in [0.1, 0.15) is 24.6 Å². The molecule has 0 aromatic carbocycles. The molecule has 0 spiro atoms. The average molecular weight is 263 g/mol. The van der Waals surface area contributed by atoms with Gasteiger partial charge in [0.15, 0.2) is 6.29 Å². The third-order valence-corrected chi connectivity index (χ3v) is 2.93. The van der Waals surface area contributed by atoms with Crippen molar-refractivity contribution in [1.29, 1.82) is 0 Å². The van der Waals surface area contributed by atoms with Crippen LogP contribution in [-0.2, 0) is 14.3 Å². The van der Waals surface area contributed by atoms with Crippen LogP contribution in [0.25, 0.3) is 0 Å². The minimum absolute atomic E-state index is 0.340. The van der Waals surface area contributed by atoms with E-state index in [4.69, 9.17) is 20.3 Å². The van der Waals surface area contributed by atoms with Gasteiger partial charge < -0.3 is 35.3 Å². The molecule has 1 heterocycles. The Labute approximate surface area is 105 Å². The monoisotopic (exact) mass is 263 g/mol. The number of nitrogens with two attached hydrogens (primary N) is 1. The van der Waals surface area contributed by atoms with Crippen molar-refractivity contribution in [2.45, 2.75) is 49.9 Å². The van der Waals surface area contributed by atoms with Crippen LogP contribution >= 0.6 is 0 Å². The van der Waals surface area contributed by atoms with Crippen molar-refractivity contribution in [3.63, 3.8) is 0 Å². The first kappa shape index (κ1) is 15.5. The van der Waals surface area contributed by atoms with Crippen LogP contribution in [0.2, 0.25) is 0 Å². The summed E-state index contributed by atoms with van der Waals surface area (Å²) in [5.74, 6) is 0. The molecule has 0 saturated carbocycles. The van der Waals surface area contributed by atoms with Gasteiger partial charge in [0.05, 0.1) is 12.6 Å². The van der Waals surface area contributed by atoms with Crippen molar-refractivity contribution in [3.05, 3.63) is 0 Å². The molecule has 0 bridgehead atoms. The van der Waals surface area contributed by atoms with Gasteiger partial charge in [-0.1, -0.05) is 0 Å². The lowest BCUT2D eigenvalue weighted by Gasteiger charge is -2.40. The van der Waals surface area contributed by atoms with Crippen molar-refractivity contribution in [2.75, 3.05) is 13.2 Å². The number of carbonyl (C=O) groups excluding carboxylic acids is 1. The predicted octanol–water partition coefficient (Wildman–Crippen LogP) is -1.86. The zero-order valence-corrected chi connectivity index (χ0v) is 10.1. The predicted molar refractivity (Wildman–Crippen MR) is 61.6 cm³/mol. The average Bonchev–Trinajstić information content (AvgIpc) is 2.38. The van der Waals surface area contributed by atoms with E-state index in [1.165, 1.54) is 0 Å². The second-order valence-corrected chi connectivity index (χ2v) is 4.32.